The first-order valence-electron chi connectivity index (χ1n) is 9.22. The Morgan fingerprint density at radius 1 is 0.963 bits per heavy atom. The number of halogens is 2. The molecule has 2 N–H and O–H groups in total. The second kappa shape index (κ2) is 11.5. The Hall–Kier alpha value is -1.31. The van der Waals surface area contributed by atoms with Gasteiger partial charge in [0.25, 0.3) is 0 Å². The monoisotopic (exact) mass is 498 g/mol. The van der Waals surface area contributed by atoms with Crippen LogP contribution in [0.25, 0.3) is 0 Å². The lowest BCUT2D eigenvalue weighted by Crippen LogP contribution is -2.36. The molecule has 1 aliphatic rings. The number of rotatable bonds is 6. The zero-order valence-electron chi connectivity index (χ0n) is 15.7. The van der Waals surface area contributed by atoms with E-state index in [2.05, 4.69) is 44.8 Å². The molecule has 1 fully saturated rings. The molecule has 1 saturated heterocycles. The highest BCUT2D eigenvalue weighted by molar-refractivity contribution is 14.0. The highest BCUT2D eigenvalue weighted by atomic mass is 127. The fourth-order valence-corrected chi connectivity index (χ4v) is 3.39. The summed E-state index contributed by atoms with van der Waals surface area (Å²) >= 11 is 6.20. The van der Waals surface area contributed by atoms with Crippen LogP contribution in [-0.2, 0) is 19.6 Å². The number of nitrogens with one attached hydrogen (secondary N) is 2. The van der Waals surface area contributed by atoms with Crippen LogP contribution in [0.3, 0.4) is 0 Å². The molecule has 0 aliphatic carbocycles. The van der Waals surface area contributed by atoms with Crippen LogP contribution in [-0.4, -0.2) is 31.0 Å². The maximum absolute atomic E-state index is 6.20. The molecule has 0 radical (unpaired) electrons. The average Bonchev–Trinajstić information content (AvgIpc) is 3.17. The summed E-state index contributed by atoms with van der Waals surface area (Å²) in [5, 5.41) is 7.43. The summed E-state index contributed by atoms with van der Waals surface area (Å²) in [6.45, 7) is 4.92. The predicted octanol–water partition coefficient (Wildman–Crippen LogP) is 4.42. The lowest BCUT2D eigenvalue weighted by Gasteiger charge is -2.15. The van der Waals surface area contributed by atoms with E-state index in [0.29, 0.717) is 6.54 Å². The van der Waals surface area contributed by atoms with E-state index in [0.717, 1.165) is 29.6 Å². The maximum atomic E-state index is 6.20. The first kappa shape index (κ1) is 22.0. The molecule has 1 heterocycles. The van der Waals surface area contributed by atoms with Gasteiger partial charge in [-0.1, -0.05) is 54.1 Å². The Balaban J connectivity index is 0.00000261. The highest BCUT2D eigenvalue weighted by Gasteiger charge is 2.11. The first-order chi connectivity index (χ1) is 12.7. The van der Waals surface area contributed by atoms with Gasteiger partial charge in [0, 0.05) is 31.7 Å². The van der Waals surface area contributed by atoms with Gasteiger partial charge in [0.15, 0.2) is 5.96 Å². The number of benzene rings is 2. The van der Waals surface area contributed by atoms with Crippen LogP contribution in [0.1, 0.15) is 29.5 Å². The second-order valence-electron chi connectivity index (χ2n) is 6.67. The van der Waals surface area contributed by atoms with Crippen molar-refractivity contribution in [3.05, 3.63) is 70.2 Å². The molecule has 0 atom stereocenters. The van der Waals surface area contributed by atoms with Gasteiger partial charge in [-0.15, -0.1) is 24.0 Å². The molecule has 4 nitrogen and oxygen atoms in total. The smallest absolute Gasteiger partial charge is 0.191 e. The van der Waals surface area contributed by atoms with Gasteiger partial charge in [0.1, 0.15) is 0 Å². The molecule has 2 aromatic rings. The normalized spacial score (nSPS) is 14.7. The molecular formula is C21H28ClIN4. The molecule has 0 bridgehead atoms. The van der Waals surface area contributed by atoms with Gasteiger partial charge in [0.05, 0.1) is 0 Å². The van der Waals surface area contributed by atoms with E-state index in [1.165, 1.54) is 37.1 Å². The molecule has 3 rings (SSSR count). The molecule has 1 aliphatic heterocycles. The molecule has 2 aromatic carbocycles. The van der Waals surface area contributed by atoms with Crippen LogP contribution in [0.15, 0.2) is 53.5 Å². The summed E-state index contributed by atoms with van der Waals surface area (Å²) in [7, 11) is 1.78. The third kappa shape index (κ3) is 6.97. The molecule has 0 saturated carbocycles. The SMILES string of the molecule is CN=C(NCc1ccc(CN2CCCC2)cc1)NCc1ccccc1Cl.I. The van der Waals surface area contributed by atoms with E-state index in [1.807, 2.05) is 24.3 Å². The minimum absolute atomic E-state index is 0. The number of likely N-dealkylation sites (tertiary alicyclic amines) is 1. The number of hydrogen-bond acceptors (Lipinski definition) is 2. The Morgan fingerprint density at radius 3 is 2.26 bits per heavy atom. The average molecular weight is 499 g/mol. The summed E-state index contributed by atoms with van der Waals surface area (Å²) < 4.78 is 0. The van der Waals surface area contributed by atoms with E-state index in [-0.39, 0.29) is 24.0 Å². The summed E-state index contributed by atoms with van der Waals surface area (Å²) in [5.41, 5.74) is 3.69. The molecule has 27 heavy (non-hydrogen) atoms. The third-order valence-electron chi connectivity index (χ3n) is 4.72. The Morgan fingerprint density at radius 2 is 1.59 bits per heavy atom. The molecule has 146 valence electrons. The van der Waals surface area contributed by atoms with Crippen molar-refractivity contribution < 1.29 is 0 Å². The van der Waals surface area contributed by atoms with Crippen molar-refractivity contribution in [2.75, 3.05) is 20.1 Å². The lowest BCUT2D eigenvalue weighted by molar-refractivity contribution is 0.331. The van der Waals surface area contributed by atoms with Crippen molar-refractivity contribution in [3.63, 3.8) is 0 Å². The van der Waals surface area contributed by atoms with Gasteiger partial charge in [-0.25, -0.2) is 0 Å². The van der Waals surface area contributed by atoms with E-state index in [9.17, 15) is 0 Å². The van der Waals surface area contributed by atoms with E-state index >= 15 is 0 Å². The standard InChI is InChI=1S/C21H27ClN4.HI/c1-23-21(25-15-19-6-2-3-7-20(19)22)24-14-17-8-10-18(11-9-17)16-26-12-4-5-13-26;/h2-3,6-11H,4-5,12-16H2,1H3,(H2,23,24,25);1H. The van der Waals surface area contributed by atoms with Crippen molar-refractivity contribution >= 4 is 41.5 Å². The first-order valence-corrected chi connectivity index (χ1v) is 9.60. The van der Waals surface area contributed by atoms with E-state index < -0.39 is 0 Å². The third-order valence-corrected chi connectivity index (χ3v) is 5.08. The maximum Gasteiger partial charge on any atom is 0.191 e. The van der Waals surface area contributed by atoms with Crippen molar-refractivity contribution in [2.45, 2.75) is 32.5 Å². The summed E-state index contributed by atoms with van der Waals surface area (Å²) in [6.07, 6.45) is 2.67. The van der Waals surface area contributed by atoms with Gasteiger partial charge in [-0.2, -0.15) is 0 Å². The van der Waals surface area contributed by atoms with Crippen molar-refractivity contribution in [2.24, 2.45) is 4.99 Å². The zero-order valence-corrected chi connectivity index (χ0v) is 18.8. The number of nitrogens with zero attached hydrogens (tertiary/aromatic N) is 2. The zero-order chi connectivity index (χ0) is 18.2. The van der Waals surface area contributed by atoms with E-state index in [1.54, 1.807) is 7.05 Å². The van der Waals surface area contributed by atoms with Crippen LogP contribution in [0.2, 0.25) is 5.02 Å². The summed E-state index contributed by atoms with van der Waals surface area (Å²) in [5.74, 6) is 0.770. The minimum Gasteiger partial charge on any atom is -0.352 e. The van der Waals surface area contributed by atoms with E-state index in [4.69, 9.17) is 11.6 Å². The van der Waals surface area contributed by atoms with Crippen LogP contribution >= 0.6 is 35.6 Å². The van der Waals surface area contributed by atoms with Crippen molar-refractivity contribution in [3.8, 4) is 0 Å². The van der Waals surface area contributed by atoms with Crippen LogP contribution in [0.5, 0.6) is 0 Å². The molecule has 0 aromatic heterocycles. The number of hydrogen-bond donors (Lipinski definition) is 2. The largest absolute Gasteiger partial charge is 0.352 e. The number of guanidine groups is 1. The quantitative estimate of drug-likeness (QED) is 0.352. The Bertz CT molecular complexity index is 727. The van der Waals surface area contributed by atoms with Gasteiger partial charge in [-0.05, 0) is 48.7 Å². The second-order valence-corrected chi connectivity index (χ2v) is 7.08. The van der Waals surface area contributed by atoms with Gasteiger partial charge in [-0.3, -0.25) is 9.89 Å². The molecule has 0 amide bonds. The highest BCUT2D eigenvalue weighted by Crippen LogP contribution is 2.15. The molecule has 0 unspecified atom stereocenters. The molecule has 0 spiro atoms. The summed E-state index contributed by atoms with van der Waals surface area (Å²) in [4.78, 5) is 6.80. The Kier molecular flexibility index (Phi) is 9.38. The van der Waals surface area contributed by atoms with Crippen molar-refractivity contribution in [1.29, 1.82) is 0 Å². The Labute approximate surface area is 184 Å². The molecular weight excluding hydrogens is 471 g/mol. The topological polar surface area (TPSA) is 39.7 Å². The predicted molar refractivity (Wildman–Crippen MR) is 125 cm³/mol. The van der Waals surface area contributed by atoms with Gasteiger partial charge in [0.2, 0.25) is 0 Å². The van der Waals surface area contributed by atoms with Crippen LogP contribution < -0.4 is 10.6 Å². The van der Waals surface area contributed by atoms with Crippen LogP contribution in [0, 0.1) is 0 Å². The van der Waals surface area contributed by atoms with Crippen LogP contribution in [0.4, 0.5) is 0 Å². The van der Waals surface area contributed by atoms with Crippen molar-refractivity contribution in [1.82, 2.24) is 15.5 Å². The fraction of sp³-hybridized carbons (Fsp3) is 0.381. The molecule has 6 heteroatoms. The lowest BCUT2D eigenvalue weighted by atomic mass is 10.1. The number of aliphatic imine (C=N–C) groups is 1. The van der Waals surface area contributed by atoms with Gasteiger partial charge < -0.3 is 10.6 Å². The fourth-order valence-electron chi connectivity index (χ4n) is 3.19. The van der Waals surface area contributed by atoms with Gasteiger partial charge >= 0.3 is 0 Å². The minimum atomic E-state index is 0. The summed E-state index contributed by atoms with van der Waals surface area (Å²) in [6, 6.07) is 16.7.